The van der Waals surface area contributed by atoms with Crippen molar-refractivity contribution in [2.75, 3.05) is 12.4 Å². The number of fused-ring (bicyclic) bond motifs is 11. The molecule has 5 heteroatoms. The van der Waals surface area contributed by atoms with Crippen LogP contribution in [0.5, 0.6) is 0 Å². The molecule has 0 saturated heterocycles. The van der Waals surface area contributed by atoms with Crippen molar-refractivity contribution in [1.82, 2.24) is 9.47 Å². The summed E-state index contributed by atoms with van der Waals surface area (Å²) in [6.07, 6.45) is -0.127. The Balaban J connectivity index is 1.21. The van der Waals surface area contributed by atoms with E-state index in [9.17, 15) is 0 Å². The van der Waals surface area contributed by atoms with Gasteiger partial charge in [-0.15, -0.1) is 22.7 Å². The van der Waals surface area contributed by atoms with Crippen molar-refractivity contribution in [2.24, 2.45) is 0 Å². The molecular formula is C45H31N3S2. The molecule has 11 rings (SSSR count). The van der Waals surface area contributed by atoms with E-state index in [0.29, 0.717) is 0 Å². The predicted molar refractivity (Wildman–Crippen MR) is 216 cm³/mol. The van der Waals surface area contributed by atoms with Gasteiger partial charge in [-0.2, -0.15) is 0 Å². The minimum atomic E-state index is -0.127. The maximum Gasteiger partial charge on any atom is 0.162 e. The fraction of sp³-hybridized carbons (Fsp3) is 0.0667. The van der Waals surface area contributed by atoms with Crippen molar-refractivity contribution in [3.8, 4) is 11.1 Å². The summed E-state index contributed by atoms with van der Waals surface area (Å²) in [5.41, 5.74) is 8.76. The molecule has 1 N–H and O–H groups in total. The lowest BCUT2D eigenvalue weighted by Gasteiger charge is -2.43. The summed E-state index contributed by atoms with van der Waals surface area (Å²) < 4.78 is 7.92. The average molecular weight is 678 g/mol. The first-order valence-electron chi connectivity index (χ1n) is 17.1. The Hall–Kier alpha value is -5.46. The molecule has 0 fully saturated rings. The fourth-order valence-corrected chi connectivity index (χ4v) is 11.0. The first-order valence-corrected chi connectivity index (χ1v) is 18.8. The van der Waals surface area contributed by atoms with Gasteiger partial charge in [0.2, 0.25) is 0 Å². The van der Waals surface area contributed by atoms with E-state index < -0.39 is 0 Å². The third-order valence-corrected chi connectivity index (χ3v) is 13.1. The molecular weight excluding hydrogens is 647 g/mol. The van der Waals surface area contributed by atoms with Crippen LogP contribution in [-0.2, 0) is 0 Å². The molecule has 3 aromatic heterocycles. The summed E-state index contributed by atoms with van der Waals surface area (Å²) >= 11 is 3.81. The van der Waals surface area contributed by atoms with Crippen LogP contribution in [0.15, 0.2) is 152 Å². The van der Waals surface area contributed by atoms with Crippen LogP contribution in [0.2, 0.25) is 0 Å². The summed E-state index contributed by atoms with van der Waals surface area (Å²) in [7, 11) is 2.27. The number of thiophene rings is 2. The molecule has 3 nitrogen and oxygen atoms in total. The van der Waals surface area contributed by atoms with Crippen LogP contribution in [0, 0.1) is 0 Å². The van der Waals surface area contributed by atoms with Gasteiger partial charge in [0.25, 0.3) is 0 Å². The highest BCUT2D eigenvalue weighted by Gasteiger charge is 2.35. The van der Waals surface area contributed by atoms with Crippen molar-refractivity contribution in [2.45, 2.75) is 12.3 Å². The fourth-order valence-electron chi connectivity index (χ4n) is 8.48. The van der Waals surface area contributed by atoms with Gasteiger partial charge in [0.15, 0.2) is 6.29 Å². The van der Waals surface area contributed by atoms with E-state index in [4.69, 9.17) is 0 Å². The number of nitrogens with zero attached hydrogens (tertiary/aromatic N) is 2. The Kier molecular flexibility index (Phi) is 6.11. The third kappa shape index (κ3) is 4.00. The third-order valence-electron chi connectivity index (χ3n) is 10.7. The molecule has 7 aromatic carbocycles. The quantitative estimate of drug-likeness (QED) is 0.201. The highest BCUT2D eigenvalue weighted by Crippen LogP contribution is 2.48. The molecule has 1 aliphatic rings. The maximum atomic E-state index is 4.01. The molecule has 1 aliphatic heterocycles. The van der Waals surface area contributed by atoms with Crippen LogP contribution < -0.4 is 5.32 Å². The van der Waals surface area contributed by atoms with E-state index in [1.54, 1.807) is 0 Å². The number of anilines is 1. The zero-order valence-corrected chi connectivity index (χ0v) is 28.9. The first-order chi connectivity index (χ1) is 24.7. The molecule has 0 bridgehead atoms. The van der Waals surface area contributed by atoms with Crippen LogP contribution in [-0.4, -0.2) is 16.5 Å². The lowest BCUT2D eigenvalue weighted by atomic mass is 9.94. The van der Waals surface area contributed by atoms with Gasteiger partial charge in [0, 0.05) is 56.8 Å². The largest absolute Gasteiger partial charge is 0.352 e. The normalized spacial score (nSPS) is 16.6. The lowest BCUT2D eigenvalue weighted by molar-refractivity contribution is 0.160. The van der Waals surface area contributed by atoms with Gasteiger partial charge in [-0.05, 0) is 59.6 Å². The van der Waals surface area contributed by atoms with Gasteiger partial charge in [0.05, 0.1) is 17.1 Å². The summed E-state index contributed by atoms with van der Waals surface area (Å²) in [6.45, 7) is 0. The minimum absolute atomic E-state index is 0.0923. The van der Waals surface area contributed by atoms with Crippen LogP contribution in [0.1, 0.15) is 23.5 Å². The number of benzene rings is 7. The van der Waals surface area contributed by atoms with Crippen LogP contribution >= 0.6 is 22.7 Å². The SMILES string of the molecule is CN1C(c2ccccc2)c2ccccc2NC1n1c2cc(-c3cccc4c3sc3ccccc34)ccc2c2c3sc4ccccc4c3ccc21. The van der Waals surface area contributed by atoms with E-state index in [0.717, 1.165) is 0 Å². The van der Waals surface area contributed by atoms with E-state index in [1.165, 1.54) is 90.1 Å². The molecule has 0 aliphatic carbocycles. The zero-order valence-electron chi connectivity index (χ0n) is 27.3. The Morgan fingerprint density at radius 2 is 1.20 bits per heavy atom. The molecule has 50 heavy (non-hydrogen) atoms. The summed E-state index contributed by atoms with van der Waals surface area (Å²) in [4.78, 5) is 2.51. The smallest absolute Gasteiger partial charge is 0.162 e. The van der Waals surface area contributed by atoms with Gasteiger partial charge in [0.1, 0.15) is 0 Å². The number of rotatable bonds is 3. The summed E-state index contributed by atoms with van der Waals surface area (Å²) in [5, 5.41) is 11.9. The van der Waals surface area contributed by atoms with Crippen LogP contribution in [0.4, 0.5) is 5.69 Å². The van der Waals surface area contributed by atoms with Crippen molar-refractivity contribution in [3.05, 3.63) is 163 Å². The topological polar surface area (TPSA) is 20.2 Å². The molecule has 238 valence electrons. The van der Waals surface area contributed by atoms with Gasteiger partial charge >= 0.3 is 0 Å². The predicted octanol–water partition coefficient (Wildman–Crippen LogP) is 12.8. The van der Waals surface area contributed by atoms with Crippen molar-refractivity contribution < 1.29 is 0 Å². The molecule has 2 atom stereocenters. The van der Waals surface area contributed by atoms with E-state index in [2.05, 4.69) is 173 Å². The number of hydrogen-bond acceptors (Lipinski definition) is 4. The number of para-hydroxylation sites is 1. The van der Waals surface area contributed by atoms with Crippen LogP contribution in [0.3, 0.4) is 0 Å². The number of hydrogen-bond donors (Lipinski definition) is 1. The highest BCUT2D eigenvalue weighted by molar-refractivity contribution is 7.27. The van der Waals surface area contributed by atoms with E-state index >= 15 is 0 Å². The van der Waals surface area contributed by atoms with Gasteiger partial charge in [-0.3, -0.25) is 4.90 Å². The molecule has 0 saturated carbocycles. The van der Waals surface area contributed by atoms with Crippen molar-refractivity contribution in [3.63, 3.8) is 0 Å². The summed E-state index contributed by atoms with van der Waals surface area (Å²) in [5.74, 6) is 0. The second kappa shape index (κ2) is 10.8. The molecule has 2 unspecified atom stereocenters. The molecule has 10 aromatic rings. The van der Waals surface area contributed by atoms with E-state index in [-0.39, 0.29) is 12.3 Å². The molecule has 4 heterocycles. The molecule has 0 spiro atoms. The highest BCUT2D eigenvalue weighted by atomic mass is 32.1. The number of nitrogens with one attached hydrogen (secondary N) is 1. The Bertz CT molecular complexity index is 2950. The second-order valence-electron chi connectivity index (χ2n) is 13.4. The first kappa shape index (κ1) is 28.4. The summed E-state index contributed by atoms with van der Waals surface area (Å²) in [6, 6.07) is 56.1. The van der Waals surface area contributed by atoms with Crippen molar-refractivity contribution in [1.29, 1.82) is 0 Å². The monoisotopic (exact) mass is 677 g/mol. The molecule has 0 amide bonds. The Morgan fingerprint density at radius 1 is 0.540 bits per heavy atom. The van der Waals surface area contributed by atoms with E-state index in [1.807, 2.05) is 22.7 Å². The van der Waals surface area contributed by atoms with Gasteiger partial charge < -0.3 is 9.88 Å². The second-order valence-corrected chi connectivity index (χ2v) is 15.5. The Morgan fingerprint density at radius 3 is 2.02 bits per heavy atom. The average Bonchev–Trinajstić information content (AvgIpc) is 3.84. The maximum absolute atomic E-state index is 4.01. The van der Waals surface area contributed by atoms with Gasteiger partial charge in [-0.1, -0.05) is 121 Å². The van der Waals surface area contributed by atoms with Crippen LogP contribution in [0.25, 0.3) is 73.3 Å². The Labute approximate surface area is 297 Å². The van der Waals surface area contributed by atoms with Gasteiger partial charge in [-0.25, -0.2) is 0 Å². The number of aromatic nitrogens is 1. The molecule has 0 radical (unpaired) electrons. The minimum Gasteiger partial charge on any atom is -0.352 e. The lowest BCUT2D eigenvalue weighted by Crippen LogP contribution is -2.42. The zero-order chi connectivity index (χ0) is 32.9. The standard InChI is InChI=1S/C45H31N3S2/c1-47-42(27-12-3-2-4-13-27)34-16-5-8-19-36(34)46-45(47)48-37-25-24-33-31-15-7-10-21-40(31)50-44(33)41(37)35-23-22-28(26-38(35)48)29-17-11-18-32-30-14-6-9-20-39(30)49-43(29)32/h2-26,42,45-46H,1H3. The van der Waals surface area contributed by atoms with Crippen molar-refractivity contribution >= 4 is 90.5 Å².